The second-order valence-electron chi connectivity index (χ2n) is 5.04. The number of hydrogen-bond donors (Lipinski definition) is 0. The van der Waals surface area contributed by atoms with E-state index in [-0.39, 0.29) is 11.9 Å². The molecule has 0 radical (unpaired) electrons. The fraction of sp³-hybridized carbons (Fsp3) is 0.600. The normalized spacial score (nSPS) is 19.2. The lowest BCUT2D eigenvalue weighted by Gasteiger charge is -2.21. The molecule has 104 valence electrons. The van der Waals surface area contributed by atoms with E-state index in [9.17, 15) is 4.79 Å². The van der Waals surface area contributed by atoms with Crippen molar-refractivity contribution >= 4 is 5.78 Å². The molecule has 1 aromatic rings. The summed E-state index contributed by atoms with van der Waals surface area (Å²) in [4.78, 5) is 16.6. The molecular formula is C15H21NO3. The highest BCUT2D eigenvalue weighted by Gasteiger charge is 2.23. The van der Waals surface area contributed by atoms with Crippen LogP contribution in [0.2, 0.25) is 0 Å². The highest BCUT2D eigenvalue weighted by Crippen LogP contribution is 2.25. The largest absolute Gasteiger partial charge is 0.496 e. The minimum absolute atomic E-state index is 0.126. The molecular weight excluding hydrogens is 242 g/mol. The molecule has 1 fully saturated rings. The molecule has 0 bridgehead atoms. The van der Waals surface area contributed by atoms with Crippen molar-refractivity contribution in [1.29, 1.82) is 0 Å². The molecule has 0 saturated carbocycles. The van der Waals surface area contributed by atoms with Crippen LogP contribution in [-0.4, -0.2) is 30.6 Å². The van der Waals surface area contributed by atoms with Gasteiger partial charge in [0, 0.05) is 23.9 Å². The Labute approximate surface area is 114 Å². The first kappa shape index (κ1) is 14.0. The fourth-order valence-corrected chi connectivity index (χ4v) is 2.52. The summed E-state index contributed by atoms with van der Waals surface area (Å²) >= 11 is 0. The molecule has 0 amide bonds. The number of hydrogen-bond acceptors (Lipinski definition) is 4. The van der Waals surface area contributed by atoms with Crippen LogP contribution >= 0.6 is 0 Å². The van der Waals surface area contributed by atoms with Crippen molar-refractivity contribution < 1.29 is 14.3 Å². The van der Waals surface area contributed by atoms with Gasteiger partial charge in [0.15, 0.2) is 5.78 Å². The summed E-state index contributed by atoms with van der Waals surface area (Å²) in [5, 5.41) is 0. The Balaban J connectivity index is 2.12. The van der Waals surface area contributed by atoms with E-state index in [1.807, 2.05) is 13.8 Å². The molecule has 4 nitrogen and oxygen atoms in total. The van der Waals surface area contributed by atoms with Gasteiger partial charge in [-0.2, -0.15) is 0 Å². The first-order valence-corrected chi connectivity index (χ1v) is 6.77. The Hall–Kier alpha value is -1.42. The summed E-state index contributed by atoms with van der Waals surface area (Å²) in [5.41, 5.74) is 2.73. The first-order valence-electron chi connectivity index (χ1n) is 6.77. The Morgan fingerprint density at radius 3 is 2.89 bits per heavy atom. The Morgan fingerprint density at radius 2 is 2.26 bits per heavy atom. The van der Waals surface area contributed by atoms with Crippen molar-refractivity contribution in [3.05, 3.63) is 23.0 Å². The van der Waals surface area contributed by atoms with Gasteiger partial charge in [-0.15, -0.1) is 0 Å². The number of aryl methyl sites for hydroxylation is 1. The van der Waals surface area contributed by atoms with E-state index in [0.29, 0.717) is 13.0 Å². The van der Waals surface area contributed by atoms with Crippen LogP contribution in [0.3, 0.4) is 0 Å². The van der Waals surface area contributed by atoms with Crippen molar-refractivity contribution in [2.75, 3.05) is 13.7 Å². The Bertz CT molecular complexity index is 465. The van der Waals surface area contributed by atoms with Crippen LogP contribution in [0, 0.1) is 13.8 Å². The summed E-state index contributed by atoms with van der Waals surface area (Å²) in [6.45, 7) is 4.60. The first-order chi connectivity index (χ1) is 9.13. The van der Waals surface area contributed by atoms with Crippen LogP contribution in [0.15, 0.2) is 6.20 Å². The van der Waals surface area contributed by atoms with E-state index < -0.39 is 0 Å². The average Bonchev–Trinajstić information content (AvgIpc) is 2.43. The van der Waals surface area contributed by atoms with Crippen molar-refractivity contribution in [2.24, 2.45) is 0 Å². The van der Waals surface area contributed by atoms with Gasteiger partial charge in [0.1, 0.15) is 11.9 Å². The number of aromatic nitrogens is 1. The number of carbonyl (C=O) groups is 1. The smallest absolute Gasteiger partial charge is 0.167 e. The monoisotopic (exact) mass is 263 g/mol. The zero-order valence-electron chi connectivity index (χ0n) is 11.9. The van der Waals surface area contributed by atoms with E-state index >= 15 is 0 Å². The van der Waals surface area contributed by atoms with Crippen LogP contribution in [0.25, 0.3) is 0 Å². The minimum Gasteiger partial charge on any atom is -0.496 e. The molecule has 1 atom stereocenters. The molecule has 1 saturated heterocycles. The zero-order valence-corrected chi connectivity index (χ0v) is 11.9. The van der Waals surface area contributed by atoms with Crippen LogP contribution < -0.4 is 4.74 Å². The number of carbonyl (C=O) groups excluding carboxylic acids is 1. The zero-order chi connectivity index (χ0) is 13.8. The molecule has 0 N–H and O–H groups in total. The van der Waals surface area contributed by atoms with Crippen LogP contribution in [-0.2, 0) is 16.0 Å². The molecule has 0 spiro atoms. The summed E-state index contributed by atoms with van der Waals surface area (Å²) in [5.74, 6) is 0.948. The number of Topliss-reactive ketones (excluding diaryl/α,β-unsaturated/α-hetero) is 1. The SMILES string of the molecule is COc1c(C)cnc(CC(=O)C2CCCCO2)c1C. The number of nitrogens with zero attached hydrogens (tertiary/aromatic N) is 1. The number of ether oxygens (including phenoxy) is 2. The molecule has 0 aromatic carbocycles. The molecule has 4 heteroatoms. The van der Waals surface area contributed by atoms with Gasteiger partial charge in [-0.25, -0.2) is 0 Å². The molecule has 1 aliphatic heterocycles. The number of methoxy groups -OCH3 is 1. The maximum Gasteiger partial charge on any atom is 0.167 e. The fourth-order valence-electron chi connectivity index (χ4n) is 2.52. The van der Waals surface area contributed by atoms with Gasteiger partial charge in [0.05, 0.1) is 19.2 Å². The Morgan fingerprint density at radius 1 is 1.47 bits per heavy atom. The predicted molar refractivity (Wildman–Crippen MR) is 72.6 cm³/mol. The molecule has 19 heavy (non-hydrogen) atoms. The maximum atomic E-state index is 12.2. The van der Waals surface area contributed by atoms with Gasteiger partial charge in [-0.05, 0) is 33.1 Å². The van der Waals surface area contributed by atoms with Crippen LogP contribution in [0.4, 0.5) is 0 Å². The molecule has 0 aliphatic carbocycles. The van der Waals surface area contributed by atoms with E-state index in [0.717, 1.165) is 41.8 Å². The number of rotatable bonds is 4. The molecule has 2 rings (SSSR count). The van der Waals surface area contributed by atoms with Crippen molar-refractivity contribution in [2.45, 2.75) is 45.6 Å². The van der Waals surface area contributed by atoms with Crippen molar-refractivity contribution in [1.82, 2.24) is 4.98 Å². The summed E-state index contributed by atoms with van der Waals surface area (Å²) in [6, 6.07) is 0. The second-order valence-corrected chi connectivity index (χ2v) is 5.04. The highest BCUT2D eigenvalue weighted by molar-refractivity contribution is 5.85. The average molecular weight is 263 g/mol. The third-order valence-corrected chi connectivity index (χ3v) is 3.63. The van der Waals surface area contributed by atoms with E-state index in [2.05, 4.69) is 4.98 Å². The van der Waals surface area contributed by atoms with Gasteiger partial charge >= 0.3 is 0 Å². The quantitative estimate of drug-likeness (QED) is 0.837. The molecule has 1 aliphatic rings. The third kappa shape index (κ3) is 3.13. The van der Waals surface area contributed by atoms with Crippen molar-refractivity contribution in [3.63, 3.8) is 0 Å². The second kappa shape index (κ2) is 6.15. The van der Waals surface area contributed by atoms with Crippen molar-refractivity contribution in [3.8, 4) is 5.75 Å². The third-order valence-electron chi connectivity index (χ3n) is 3.63. The standard InChI is InChI=1S/C15H21NO3/c1-10-9-16-12(11(2)15(10)18-3)8-13(17)14-6-4-5-7-19-14/h9,14H,4-8H2,1-3H3. The lowest BCUT2D eigenvalue weighted by Crippen LogP contribution is -2.29. The van der Waals surface area contributed by atoms with Gasteiger partial charge in [0.25, 0.3) is 0 Å². The van der Waals surface area contributed by atoms with E-state index in [4.69, 9.17) is 9.47 Å². The lowest BCUT2D eigenvalue weighted by atomic mass is 9.99. The Kier molecular flexibility index (Phi) is 4.53. The molecule has 1 aromatic heterocycles. The van der Waals surface area contributed by atoms with E-state index in [1.54, 1.807) is 13.3 Å². The predicted octanol–water partition coefficient (Wildman–Crippen LogP) is 2.39. The highest BCUT2D eigenvalue weighted by atomic mass is 16.5. The number of pyridine rings is 1. The summed E-state index contributed by atoms with van der Waals surface area (Å²) < 4.78 is 10.9. The molecule has 2 heterocycles. The van der Waals surface area contributed by atoms with Gasteiger partial charge in [-0.3, -0.25) is 9.78 Å². The van der Waals surface area contributed by atoms with Gasteiger partial charge < -0.3 is 9.47 Å². The minimum atomic E-state index is -0.248. The lowest BCUT2D eigenvalue weighted by molar-refractivity contribution is -0.132. The summed E-state index contributed by atoms with van der Waals surface area (Å²) in [6.07, 6.45) is 4.80. The maximum absolute atomic E-state index is 12.2. The topological polar surface area (TPSA) is 48.4 Å². The van der Waals surface area contributed by atoms with Gasteiger partial charge in [0.2, 0.25) is 0 Å². The summed E-state index contributed by atoms with van der Waals surface area (Å²) in [7, 11) is 1.64. The van der Waals surface area contributed by atoms with Crippen LogP contribution in [0.5, 0.6) is 5.75 Å². The van der Waals surface area contributed by atoms with Crippen LogP contribution in [0.1, 0.15) is 36.1 Å². The van der Waals surface area contributed by atoms with E-state index in [1.165, 1.54) is 0 Å². The number of ketones is 1. The molecule has 1 unspecified atom stereocenters. The van der Waals surface area contributed by atoms with Gasteiger partial charge in [-0.1, -0.05) is 0 Å².